The van der Waals surface area contributed by atoms with Gasteiger partial charge in [0.2, 0.25) is 5.91 Å². The van der Waals surface area contributed by atoms with Crippen LogP contribution >= 0.6 is 0 Å². The first kappa shape index (κ1) is 21.1. The Kier molecular flexibility index (Phi) is 7.12. The number of carbonyl (C=O) groups excluding carboxylic acids is 3. The minimum absolute atomic E-state index is 0.0255. The van der Waals surface area contributed by atoms with Crippen molar-refractivity contribution in [2.75, 3.05) is 0 Å². The van der Waals surface area contributed by atoms with Gasteiger partial charge in [-0.05, 0) is 43.4 Å². The number of benzene rings is 1. The molecule has 5 N–H and O–H groups in total. The highest BCUT2D eigenvalue weighted by molar-refractivity contribution is 6.61. The Morgan fingerprint density at radius 3 is 2.63 bits per heavy atom. The fourth-order valence-corrected chi connectivity index (χ4v) is 2.95. The lowest BCUT2D eigenvalue weighted by molar-refractivity contribution is -0.124. The number of hydrogen-bond acceptors (Lipinski definition) is 6. The summed E-state index contributed by atoms with van der Waals surface area (Å²) >= 11 is 0. The molecule has 1 aliphatic rings. The highest BCUT2D eigenvalue weighted by Crippen LogP contribution is 2.12. The lowest BCUT2D eigenvalue weighted by Gasteiger charge is -2.24. The van der Waals surface area contributed by atoms with Crippen molar-refractivity contribution >= 4 is 30.2 Å². The number of Topliss-reactive ketones (excluding diaryl/α,β-unsaturated/α-hetero) is 1. The summed E-state index contributed by atoms with van der Waals surface area (Å²) in [4.78, 5) is 36.4. The summed E-state index contributed by atoms with van der Waals surface area (Å²) in [5.41, 5.74) is 7.54. The number of nitrogens with two attached hydrogens (primary N) is 1. The number of amides is 2. The number of rotatable bonds is 8. The third-order valence-corrected chi connectivity index (χ3v) is 4.54. The summed E-state index contributed by atoms with van der Waals surface area (Å²) in [6.45, 7) is 5.24. The van der Waals surface area contributed by atoms with E-state index in [0.717, 1.165) is 5.56 Å². The van der Waals surface area contributed by atoms with E-state index in [1.165, 1.54) is 6.92 Å². The smallest absolute Gasteiger partial charge is 0.423 e. The summed E-state index contributed by atoms with van der Waals surface area (Å²) in [6.07, 6.45) is 0.818. The summed E-state index contributed by atoms with van der Waals surface area (Å²) < 4.78 is 5.12. The molecule has 9 heteroatoms. The number of carbonyl (C=O) groups is 3. The molecular formula is C18H26BN3O5. The van der Waals surface area contributed by atoms with Crippen molar-refractivity contribution in [1.29, 1.82) is 0 Å². The van der Waals surface area contributed by atoms with Gasteiger partial charge in [0.05, 0.1) is 6.61 Å². The predicted octanol–water partition coefficient (Wildman–Crippen LogP) is -0.776. The second-order valence-corrected chi connectivity index (χ2v) is 6.91. The van der Waals surface area contributed by atoms with Crippen molar-refractivity contribution in [3.8, 4) is 0 Å². The van der Waals surface area contributed by atoms with Crippen molar-refractivity contribution in [1.82, 2.24) is 10.6 Å². The Balaban J connectivity index is 2.09. The molecule has 0 spiro atoms. The van der Waals surface area contributed by atoms with Crippen LogP contribution in [-0.2, 0) is 20.9 Å². The first-order valence-electron chi connectivity index (χ1n) is 9.01. The maximum absolute atomic E-state index is 12.6. The van der Waals surface area contributed by atoms with Gasteiger partial charge >= 0.3 is 7.12 Å². The molecule has 146 valence electrons. The van der Waals surface area contributed by atoms with E-state index in [4.69, 9.17) is 10.4 Å². The molecule has 0 fully saturated rings. The molecule has 8 nitrogen and oxygen atoms in total. The zero-order valence-corrected chi connectivity index (χ0v) is 15.8. The Hall–Kier alpha value is -2.23. The van der Waals surface area contributed by atoms with Crippen LogP contribution < -0.4 is 21.8 Å². The van der Waals surface area contributed by atoms with Gasteiger partial charge in [-0.1, -0.05) is 13.0 Å². The quantitative estimate of drug-likeness (QED) is 0.441. The molecular weight excluding hydrogens is 349 g/mol. The van der Waals surface area contributed by atoms with Crippen LogP contribution in [0.5, 0.6) is 0 Å². The molecule has 2 rings (SSSR count). The Morgan fingerprint density at radius 1 is 1.33 bits per heavy atom. The largest absolute Gasteiger partial charge is 0.491 e. The Bertz CT molecular complexity index is 725. The predicted molar refractivity (Wildman–Crippen MR) is 101 cm³/mol. The molecule has 1 aromatic carbocycles. The molecule has 0 saturated heterocycles. The summed E-state index contributed by atoms with van der Waals surface area (Å²) in [5, 5.41) is 15.2. The highest BCUT2D eigenvalue weighted by atomic mass is 16.5. The van der Waals surface area contributed by atoms with E-state index in [9.17, 15) is 19.4 Å². The van der Waals surface area contributed by atoms with Gasteiger partial charge in [-0.2, -0.15) is 0 Å². The van der Waals surface area contributed by atoms with Crippen LogP contribution in [-0.4, -0.2) is 47.9 Å². The van der Waals surface area contributed by atoms with E-state index < -0.39 is 31.0 Å². The average Bonchev–Trinajstić information content (AvgIpc) is 2.98. The minimum atomic E-state index is -1.06. The fraction of sp³-hybridized carbons (Fsp3) is 0.500. The highest BCUT2D eigenvalue weighted by Gasteiger charge is 2.30. The first-order chi connectivity index (χ1) is 12.7. The third kappa shape index (κ3) is 5.38. The molecule has 0 bridgehead atoms. The van der Waals surface area contributed by atoms with Crippen LogP contribution in [0.1, 0.15) is 49.5 Å². The topological polar surface area (TPSA) is 131 Å². The van der Waals surface area contributed by atoms with E-state index in [1.807, 2.05) is 6.92 Å². The third-order valence-electron chi connectivity index (χ3n) is 4.54. The molecule has 0 unspecified atom stereocenters. The van der Waals surface area contributed by atoms with Gasteiger partial charge in [0, 0.05) is 24.1 Å². The van der Waals surface area contributed by atoms with Gasteiger partial charge in [0.25, 0.3) is 5.91 Å². The number of fused-ring (bicyclic) bond motifs is 1. The summed E-state index contributed by atoms with van der Waals surface area (Å²) in [7, 11) is -1.06. The standard InChI is InChI=1S/C18H26BN3O5/c1-4-14(7-10(2)23)21-18(25)16(11(3)20)22-17(24)12-5-6-13-9-27-19(26)15(13)8-12/h5-6,8,11,14,16,26H,4,7,9,20H2,1-3H3,(H,21,25)(H,22,24)/t11-,14+,16-/m0/s1. The van der Waals surface area contributed by atoms with E-state index in [-0.39, 0.29) is 24.9 Å². The fourth-order valence-electron chi connectivity index (χ4n) is 2.95. The molecule has 0 saturated carbocycles. The maximum Gasteiger partial charge on any atom is 0.491 e. The van der Waals surface area contributed by atoms with E-state index in [0.29, 0.717) is 17.4 Å². The van der Waals surface area contributed by atoms with Gasteiger partial charge in [-0.15, -0.1) is 0 Å². The van der Waals surface area contributed by atoms with Gasteiger partial charge in [0.15, 0.2) is 0 Å². The van der Waals surface area contributed by atoms with Crippen LogP contribution in [0.4, 0.5) is 0 Å². The lowest BCUT2D eigenvalue weighted by atomic mass is 9.78. The molecule has 1 aliphatic heterocycles. The number of ketones is 1. The zero-order chi connectivity index (χ0) is 20.1. The lowest BCUT2D eigenvalue weighted by Crippen LogP contribution is -2.57. The van der Waals surface area contributed by atoms with Gasteiger partial charge in [-0.3, -0.25) is 14.4 Å². The summed E-state index contributed by atoms with van der Waals surface area (Å²) in [5.74, 6) is -0.938. The van der Waals surface area contributed by atoms with Crippen LogP contribution in [0.2, 0.25) is 0 Å². The van der Waals surface area contributed by atoms with Crippen LogP contribution in [0.15, 0.2) is 18.2 Å². The van der Waals surface area contributed by atoms with E-state index in [1.54, 1.807) is 25.1 Å². The van der Waals surface area contributed by atoms with Crippen LogP contribution in [0, 0.1) is 0 Å². The molecule has 3 atom stereocenters. The van der Waals surface area contributed by atoms with Crippen LogP contribution in [0.3, 0.4) is 0 Å². The Morgan fingerprint density at radius 2 is 2.04 bits per heavy atom. The van der Waals surface area contributed by atoms with Crippen molar-refractivity contribution in [2.45, 2.75) is 58.3 Å². The molecule has 1 heterocycles. The molecule has 0 aromatic heterocycles. The molecule has 1 aromatic rings. The van der Waals surface area contributed by atoms with Crippen LogP contribution in [0.25, 0.3) is 0 Å². The SMILES string of the molecule is CC[C@H](CC(C)=O)NC(=O)[C@@H](NC(=O)c1ccc2c(c1)B(O)OC2)[C@H](C)N. The maximum atomic E-state index is 12.6. The molecule has 0 aliphatic carbocycles. The van der Waals surface area contributed by atoms with Crippen molar-refractivity contribution in [3.63, 3.8) is 0 Å². The van der Waals surface area contributed by atoms with E-state index >= 15 is 0 Å². The second kappa shape index (κ2) is 9.12. The van der Waals surface area contributed by atoms with Gasteiger partial charge < -0.3 is 26.0 Å². The average molecular weight is 375 g/mol. The van der Waals surface area contributed by atoms with Gasteiger partial charge in [0.1, 0.15) is 11.8 Å². The molecule has 27 heavy (non-hydrogen) atoms. The molecule has 2 amide bonds. The zero-order valence-electron chi connectivity index (χ0n) is 15.8. The van der Waals surface area contributed by atoms with Crippen molar-refractivity contribution < 1.29 is 24.1 Å². The molecule has 0 radical (unpaired) electrons. The van der Waals surface area contributed by atoms with E-state index in [2.05, 4.69) is 10.6 Å². The monoisotopic (exact) mass is 375 g/mol. The number of nitrogens with one attached hydrogen (secondary N) is 2. The Labute approximate surface area is 159 Å². The van der Waals surface area contributed by atoms with Gasteiger partial charge in [-0.25, -0.2) is 0 Å². The first-order valence-corrected chi connectivity index (χ1v) is 9.01. The number of hydrogen-bond donors (Lipinski definition) is 4. The normalized spacial score (nSPS) is 16.3. The minimum Gasteiger partial charge on any atom is -0.423 e. The van der Waals surface area contributed by atoms with Crippen molar-refractivity contribution in [2.24, 2.45) is 5.73 Å². The second-order valence-electron chi connectivity index (χ2n) is 6.91. The van der Waals surface area contributed by atoms with Crippen molar-refractivity contribution in [3.05, 3.63) is 29.3 Å². The summed E-state index contributed by atoms with van der Waals surface area (Å²) in [6, 6.07) is 2.97.